The van der Waals surface area contributed by atoms with Gasteiger partial charge in [0.25, 0.3) is 0 Å². The van der Waals surface area contributed by atoms with E-state index in [9.17, 15) is 49.8 Å². The summed E-state index contributed by atoms with van der Waals surface area (Å²) < 4.78 is 46.1. The van der Waals surface area contributed by atoms with Crippen LogP contribution in [-0.4, -0.2) is 163 Å². The molecule has 2 aliphatic heterocycles. The van der Waals surface area contributed by atoms with Gasteiger partial charge in [-0.25, -0.2) is 9.13 Å². The standard InChI is InChI=1S/C12H24O17P2.Ca.2H/c13-1-3-5(15)6(16)10(28-31(23,24)29-30(20,21)22)12(26-3)27-9-4(2-14)25-11(19)8(18)7(9)17;;;/h3-19H,1-2H2,(H,23,24)(H2,20,21,22);;;/q;+2;2*-1/t3-,4-,5+,6+,7-,8-,9-,10-,11-,12+;;;/m1.../s1. The van der Waals surface area contributed by atoms with Crippen molar-refractivity contribution in [2.45, 2.75) is 61.4 Å². The zero-order valence-corrected chi connectivity index (χ0v) is 20.1. The van der Waals surface area contributed by atoms with Gasteiger partial charge in [-0.15, -0.1) is 0 Å². The van der Waals surface area contributed by atoms with Crippen LogP contribution in [0.3, 0.4) is 0 Å². The van der Waals surface area contributed by atoms with E-state index in [0.717, 1.165) is 0 Å². The first-order chi connectivity index (χ1) is 14.2. The zero-order valence-electron chi connectivity index (χ0n) is 18.1. The Morgan fingerprint density at radius 3 is 1.81 bits per heavy atom. The van der Waals surface area contributed by atoms with Crippen molar-refractivity contribution in [3.63, 3.8) is 0 Å². The Bertz CT molecular complexity index is 701. The SMILES string of the molecule is O=P(O)(O)OP(=O)(O)O[C@H]1[C@H](O[C@H]2[C@H](O)[C@@H](O)[C@H](O)O[C@@H]2CO)O[C@H](CO)[C@H](O)[C@@H]1O.[Ca+2].[H-].[H-]. The predicted molar refractivity (Wildman–Crippen MR) is 98.4 cm³/mol. The number of aliphatic hydroxyl groups is 7. The van der Waals surface area contributed by atoms with Crippen LogP contribution in [0.15, 0.2) is 0 Å². The number of phosphoric ester groups is 1. The van der Waals surface area contributed by atoms with Crippen LogP contribution in [0.1, 0.15) is 2.85 Å². The third kappa shape index (κ3) is 7.81. The molecule has 2 saturated heterocycles. The first-order valence-electron chi connectivity index (χ1n) is 8.57. The van der Waals surface area contributed by atoms with E-state index in [1.54, 1.807) is 0 Å². The van der Waals surface area contributed by atoms with Crippen molar-refractivity contribution in [3.05, 3.63) is 0 Å². The van der Waals surface area contributed by atoms with Gasteiger partial charge in [-0.05, 0) is 0 Å². The number of hydrogen-bond acceptors (Lipinski definition) is 14. The molecular weight excluding hydrogens is 518 g/mol. The Balaban J connectivity index is 0. The van der Waals surface area contributed by atoms with Gasteiger partial charge in [0.1, 0.15) is 48.8 Å². The monoisotopic (exact) mass is 544 g/mol. The fourth-order valence-electron chi connectivity index (χ4n) is 2.98. The zero-order chi connectivity index (χ0) is 23.7. The average molecular weight is 544 g/mol. The molecule has 2 fully saturated rings. The number of aliphatic hydroxyl groups excluding tert-OH is 7. The van der Waals surface area contributed by atoms with E-state index in [0.29, 0.717) is 0 Å². The average Bonchev–Trinajstić information content (AvgIpc) is 2.65. The molecular formula is C12H26CaO17P2. The summed E-state index contributed by atoms with van der Waals surface area (Å²) in [7, 11) is -11.2. The summed E-state index contributed by atoms with van der Waals surface area (Å²) in [5, 5.41) is 68.3. The second kappa shape index (κ2) is 12.4. The molecule has 2 aliphatic rings. The maximum absolute atomic E-state index is 11.9. The van der Waals surface area contributed by atoms with Crippen molar-refractivity contribution in [1.82, 2.24) is 0 Å². The van der Waals surface area contributed by atoms with Crippen LogP contribution in [0.5, 0.6) is 0 Å². The second-order valence-corrected chi connectivity index (χ2v) is 9.43. The molecule has 0 aromatic heterocycles. The smallest absolute Gasteiger partial charge is 1.00 e. The van der Waals surface area contributed by atoms with Crippen molar-refractivity contribution < 1.29 is 85.5 Å². The van der Waals surface area contributed by atoms with Gasteiger partial charge in [0.2, 0.25) is 0 Å². The topological polar surface area (TPSA) is 283 Å². The van der Waals surface area contributed by atoms with Gasteiger partial charge >= 0.3 is 53.4 Å². The molecule has 0 aromatic carbocycles. The van der Waals surface area contributed by atoms with E-state index in [4.69, 9.17) is 24.0 Å². The summed E-state index contributed by atoms with van der Waals surface area (Å²) in [6.45, 7) is -1.78. The molecule has 0 radical (unpaired) electrons. The molecule has 2 heterocycles. The van der Waals surface area contributed by atoms with Crippen molar-refractivity contribution in [3.8, 4) is 0 Å². The number of ether oxygens (including phenoxy) is 3. The molecule has 0 saturated carbocycles. The van der Waals surface area contributed by atoms with Crippen LogP contribution in [0.25, 0.3) is 0 Å². The molecule has 10 N–H and O–H groups in total. The molecule has 2 rings (SSSR count). The molecule has 1 unspecified atom stereocenters. The first kappa shape index (κ1) is 31.1. The molecule has 188 valence electrons. The first-order valence-corrected chi connectivity index (χ1v) is 11.6. The van der Waals surface area contributed by atoms with Gasteiger partial charge in [0.15, 0.2) is 12.6 Å². The van der Waals surface area contributed by atoms with E-state index < -0.39 is 90.3 Å². The summed E-state index contributed by atoms with van der Waals surface area (Å²) in [5.41, 5.74) is 0. The molecule has 11 atom stereocenters. The summed E-state index contributed by atoms with van der Waals surface area (Å²) >= 11 is 0. The van der Waals surface area contributed by atoms with Crippen LogP contribution < -0.4 is 0 Å². The Hall–Kier alpha value is 1.12. The molecule has 0 amide bonds. The maximum atomic E-state index is 11.9. The Labute approximate surface area is 212 Å². The third-order valence-electron chi connectivity index (χ3n) is 4.42. The molecule has 0 bridgehead atoms. The normalized spacial score (nSPS) is 42.7. The number of hydrogen-bond donors (Lipinski definition) is 10. The van der Waals surface area contributed by atoms with E-state index >= 15 is 0 Å². The van der Waals surface area contributed by atoms with Gasteiger partial charge in [-0.3, -0.25) is 4.52 Å². The van der Waals surface area contributed by atoms with Crippen molar-refractivity contribution in [2.75, 3.05) is 13.2 Å². The summed E-state index contributed by atoms with van der Waals surface area (Å²) in [6.07, 6.45) is -19.0. The summed E-state index contributed by atoms with van der Waals surface area (Å²) in [6, 6.07) is 0. The van der Waals surface area contributed by atoms with Crippen LogP contribution in [0, 0.1) is 0 Å². The fraction of sp³-hybridized carbons (Fsp3) is 1.00. The molecule has 17 nitrogen and oxygen atoms in total. The fourth-order valence-corrected chi connectivity index (χ4v) is 4.74. The van der Waals surface area contributed by atoms with Crippen LogP contribution >= 0.6 is 15.6 Å². The van der Waals surface area contributed by atoms with E-state index in [1.807, 2.05) is 0 Å². The van der Waals surface area contributed by atoms with Crippen LogP contribution in [0.2, 0.25) is 0 Å². The molecule has 32 heavy (non-hydrogen) atoms. The Kier molecular flexibility index (Phi) is 12.1. The molecule has 20 heteroatoms. The van der Waals surface area contributed by atoms with E-state index in [1.165, 1.54) is 0 Å². The second-order valence-electron chi connectivity index (χ2n) is 6.65. The van der Waals surface area contributed by atoms with Crippen LogP contribution in [0.4, 0.5) is 0 Å². The van der Waals surface area contributed by atoms with Crippen molar-refractivity contribution >= 4 is 53.4 Å². The van der Waals surface area contributed by atoms with E-state index in [2.05, 4.69) is 8.83 Å². The minimum Gasteiger partial charge on any atom is -1.00 e. The summed E-state index contributed by atoms with van der Waals surface area (Å²) in [4.78, 5) is 27.0. The van der Waals surface area contributed by atoms with Crippen molar-refractivity contribution in [1.29, 1.82) is 0 Å². The summed E-state index contributed by atoms with van der Waals surface area (Å²) in [5.74, 6) is 0. The third-order valence-corrected chi connectivity index (χ3v) is 6.61. The minimum atomic E-state index is -5.61. The van der Waals surface area contributed by atoms with E-state index in [-0.39, 0.29) is 40.6 Å². The van der Waals surface area contributed by atoms with Crippen molar-refractivity contribution in [2.24, 2.45) is 0 Å². The molecule has 0 spiro atoms. The Morgan fingerprint density at radius 1 is 0.781 bits per heavy atom. The van der Waals surface area contributed by atoms with Gasteiger partial charge < -0.3 is 67.5 Å². The molecule has 0 aliphatic carbocycles. The van der Waals surface area contributed by atoms with Crippen LogP contribution in [-0.2, 0) is 32.2 Å². The van der Waals surface area contributed by atoms with Gasteiger partial charge in [0.05, 0.1) is 13.2 Å². The quantitative estimate of drug-likeness (QED) is 0.101. The van der Waals surface area contributed by atoms with Gasteiger partial charge in [0, 0.05) is 0 Å². The number of rotatable bonds is 8. The largest absolute Gasteiger partial charge is 2.00 e. The maximum Gasteiger partial charge on any atom is 2.00 e. The molecule has 0 aromatic rings. The van der Waals surface area contributed by atoms with Gasteiger partial charge in [-0.2, -0.15) is 4.31 Å². The predicted octanol–water partition coefficient (Wildman–Crippen LogP) is -5.32. The number of phosphoric acid groups is 2. The minimum absolute atomic E-state index is 0. The Morgan fingerprint density at radius 2 is 1.31 bits per heavy atom. The van der Waals surface area contributed by atoms with Gasteiger partial charge in [-0.1, -0.05) is 0 Å².